The highest BCUT2D eigenvalue weighted by atomic mass is 16.8. The fourth-order valence-corrected chi connectivity index (χ4v) is 8.48. The van der Waals surface area contributed by atoms with Gasteiger partial charge in [-0.2, -0.15) is 0 Å². The number of benzene rings is 6. The van der Waals surface area contributed by atoms with Crippen molar-refractivity contribution < 1.29 is 52.5 Å². The predicted octanol–water partition coefficient (Wildman–Crippen LogP) is 9.55. The summed E-state index contributed by atoms with van der Waals surface area (Å²) < 4.78 is 68.7. The molecule has 11 nitrogen and oxygen atoms in total. The van der Waals surface area contributed by atoms with Gasteiger partial charge < -0.3 is 52.5 Å². The van der Waals surface area contributed by atoms with Crippen molar-refractivity contribution in [3.63, 3.8) is 0 Å². The van der Waals surface area contributed by atoms with Crippen LogP contribution >= 0.6 is 0 Å². The summed E-state index contributed by atoms with van der Waals surface area (Å²) in [5.41, 5.74) is 5.74. The van der Waals surface area contributed by atoms with Crippen LogP contribution in [-0.4, -0.2) is 85.8 Å². The van der Waals surface area contributed by atoms with E-state index < -0.39 is 74.1 Å². The van der Waals surface area contributed by atoms with Crippen molar-refractivity contribution in [3.05, 3.63) is 228 Å². The first-order chi connectivity index (χ1) is 34.0. The molecule has 2 fully saturated rings. The summed E-state index contributed by atoms with van der Waals surface area (Å²) in [6.45, 7) is 7.03. The van der Waals surface area contributed by atoms with Gasteiger partial charge in [0.15, 0.2) is 12.6 Å². The average Bonchev–Trinajstić information content (AvgIpc) is 3.40. The van der Waals surface area contributed by atoms with Crippen LogP contribution in [0.4, 0.5) is 0 Å². The van der Waals surface area contributed by atoms with Gasteiger partial charge in [-0.15, -0.1) is 6.58 Å². The van der Waals surface area contributed by atoms with E-state index in [0.717, 1.165) is 33.4 Å². The zero-order valence-electron chi connectivity index (χ0n) is 39.1. The summed E-state index contributed by atoms with van der Waals surface area (Å²) >= 11 is 0. The van der Waals surface area contributed by atoms with E-state index in [4.69, 9.17) is 47.4 Å². The number of rotatable bonds is 25. The van der Waals surface area contributed by atoms with Crippen LogP contribution in [0.5, 0.6) is 0 Å². The Labute approximate surface area is 406 Å². The fraction of sp³-hybridized carbons (Fsp3) is 0.345. The van der Waals surface area contributed by atoms with Crippen molar-refractivity contribution >= 4 is 0 Å². The number of ether oxygens (including phenoxy) is 10. The monoisotopic (exact) mass is 936 g/mol. The second-order valence-electron chi connectivity index (χ2n) is 17.3. The first-order valence-electron chi connectivity index (χ1n) is 23.8. The smallest absolute Gasteiger partial charge is 0.187 e. The maximum Gasteiger partial charge on any atom is 0.187 e. The number of aliphatic hydroxyl groups excluding tert-OH is 1. The van der Waals surface area contributed by atoms with Crippen LogP contribution < -0.4 is 0 Å². The van der Waals surface area contributed by atoms with Gasteiger partial charge in [-0.1, -0.05) is 188 Å². The summed E-state index contributed by atoms with van der Waals surface area (Å²) in [4.78, 5) is 0. The van der Waals surface area contributed by atoms with E-state index >= 15 is 0 Å². The molecular formula is C58H64O11. The molecule has 0 amide bonds. The normalized spacial score (nSPS) is 25.2. The molecule has 362 valence electrons. The molecule has 0 spiro atoms. The van der Waals surface area contributed by atoms with E-state index in [1.807, 2.05) is 189 Å². The third-order valence-corrected chi connectivity index (χ3v) is 12.2. The molecule has 0 radical (unpaired) electrons. The largest absolute Gasteiger partial charge is 0.394 e. The van der Waals surface area contributed by atoms with E-state index in [-0.39, 0.29) is 39.6 Å². The Balaban J connectivity index is 1.19. The molecule has 6 aromatic carbocycles. The van der Waals surface area contributed by atoms with Crippen LogP contribution in [0, 0.1) is 0 Å². The van der Waals surface area contributed by atoms with Gasteiger partial charge in [0.25, 0.3) is 0 Å². The molecule has 2 aliphatic heterocycles. The summed E-state index contributed by atoms with van der Waals surface area (Å²) in [6, 6.07) is 59.5. The molecule has 0 aliphatic carbocycles. The van der Waals surface area contributed by atoms with Gasteiger partial charge in [0, 0.05) is 0 Å². The van der Waals surface area contributed by atoms with Crippen LogP contribution in [0.2, 0.25) is 0 Å². The van der Waals surface area contributed by atoms with Crippen molar-refractivity contribution in [2.75, 3.05) is 13.2 Å². The number of aliphatic hydroxyl groups is 1. The molecule has 0 bridgehead atoms. The first kappa shape index (κ1) is 50.0. The van der Waals surface area contributed by atoms with Crippen LogP contribution in [0.3, 0.4) is 0 Å². The molecule has 0 aromatic heterocycles. The van der Waals surface area contributed by atoms with Crippen LogP contribution in [-0.2, 0) is 87.0 Å². The topological polar surface area (TPSA) is 113 Å². The van der Waals surface area contributed by atoms with Crippen molar-refractivity contribution in [3.8, 4) is 0 Å². The minimum absolute atomic E-state index is 0.0843. The van der Waals surface area contributed by atoms with E-state index in [9.17, 15) is 5.11 Å². The summed E-state index contributed by atoms with van der Waals surface area (Å²) in [5, 5.41) is 11.2. The third kappa shape index (κ3) is 14.6. The molecule has 2 aliphatic rings. The van der Waals surface area contributed by atoms with Crippen molar-refractivity contribution in [2.45, 2.75) is 114 Å². The highest BCUT2D eigenvalue weighted by Crippen LogP contribution is 2.37. The summed E-state index contributed by atoms with van der Waals surface area (Å²) in [7, 11) is 0. The second-order valence-corrected chi connectivity index (χ2v) is 17.3. The third-order valence-electron chi connectivity index (χ3n) is 12.2. The lowest BCUT2D eigenvalue weighted by molar-refractivity contribution is -0.378. The SMILES string of the molecule is C=CC(C)O[C@@H]1O[C@H](COCc2ccccc2)[C@@H](OC2O[C@H](CO)[C@@H](OCc3ccccc3)[C@H](OCc3ccccc3)[C@H]2OCc2ccccc2)[C@H](OCc2ccccc2)[C@H]1OCc1ccccc1. The quantitative estimate of drug-likeness (QED) is 0.0554. The molecule has 8 rings (SSSR count). The average molecular weight is 937 g/mol. The molecule has 69 heavy (non-hydrogen) atoms. The minimum Gasteiger partial charge on any atom is -0.394 e. The van der Waals surface area contributed by atoms with Crippen molar-refractivity contribution in [1.82, 2.24) is 0 Å². The first-order valence-corrected chi connectivity index (χ1v) is 23.8. The standard InChI is InChI=1S/C58H64O11/c1-3-42(2)66-57-56(65-40-48-32-20-9-21-33-48)54(63-38-46-28-16-7-17-29-46)52(50(68-57)41-60-35-43-22-10-4-11-23-43)69-58-55(64-39-47-30-18-8-19-31-47)53(62-37-45-26-14-6-15-27-45)51(49(34-59)67-58)61-36-44-24-12-5-13-25-44/h3-33,42,49-59H,1,34-41H2,2H3/t42?,49-,50-,51-,52-,53+,54+,55-,56-,57-,58?/m1/s1. The molecular weight excluding hydrogens is 873 g/mol. The number of hydrogen-bond donors (Lipinski definition) is 1. The molecule has 11 heteroatoms. The Bertz CT molecular complexity index is 2330. The van der Waals surface area contributed by atoms with E-state index in [1.54, 1.807) is 6.08 Å². The highest BCUT2D eigenvalue weighted by Gasteiger charge is 2.54. The van der Waals surface area contributed by atoms with E-state index in [0.29, 0.717) is 6.61 Å². The maximum atomic E-state index is 11.2. The lowest BCUT2D eigenvalue weighted by Crippen LogP contribution is -2.66. The summed E-state index contributed by atoms with van der Waals surface area (Å²) in [6.07, 6.45) is -7.56. The molecule has 0 saturated carbocycles. The fourth-order valence-electron chi connectivity index (χ4n) is 8.48. The number of hydrogen-bond acceptors (Lipinski definition) is 11. The Morgan fingerprint density at radius 3 is 1.16 bits per heavy atom. The van der Waals surface area contributed by atoms with E-state index in [2.05, 4.69) is 6.58 Å². The van der Waals surface area contributed by atoms with Gasteiger partial charge in [0.05, 0.1) is 59.0 Å². The minimum atomic E-state index is -1.16. The molecule has 2 heterocycles. The second kappa shape index (κ2) is 26.6. The zero-order chi connectivity index (χ0) is 47.5. The molecule has 1 N–H and O–H groups in total. The lowest BCUT2D eigenvalue weighted by atomic mass is 9.95. The molecule has 2 unspecified atom stereocenters. The maximum absolute atomic E-state index is 11.2. The van der Waals surface area contributed by atoms with Gasteiger partial charge in [-0.25, -0.2) is 0 Å². The van der Waals surface area contributed by atoms with Gasteiger partial charge >= 0.3 is 0 Å². The van der Waals surface area contributed by atoms with Crippen LogP contribution in [0.1, 0.15) is 40.3 Å². The Hall–Kier alpha value is -5.38. The van der Waals surface area contributed by atoms with Crippen LogP contribution in [0.15, 0.2) is 195 Å². The zero-order valence-corrected chi connectivity index (χ0v) is 39.1. The van der Waals surface area contributed by atoms with E-state index in [1.165, 1.54) is 0 Å². The van der Waals surface area contributed by atoms with Gasteiger partial charge in [-0.05, 0) is 40.3 Å². The van der Waals surface area contributed by atoms with Gasteiger partial charge in [0.2, 0.25) is 0 Å². The lowest BCUT2D eigenvalue weighted by Gasteiger charge is -2.50. The van der Waals surface area contributed by atoms with Gasteiger partial charge in [0.1, 0.15) is 48.8 Å². The Morgan fingerprint density at radius 1 is 0.435 bits per heavy atom. The van der Waals surface area contributed by atoms with Crippen LogP contribution in [0.25, 0.3) is 0 Å². The Morgan fingerprint density at radius 2 is 0.768 bits per heavy atom. The summed E-state index contributed by atoms with van der Waals surface area (Å²) in [5.74, 6) is 0. The predicted molar refractivity (Wildman–Crippen MR) is 261 cm³/mol. The molecule has 6 aromatic rings. The molecule has 2 saturated heterocycles. The van der Waals surface area contributed by atoms with Crippen molar-refractivity contribution in [2.24, 2.45) is 0 Å². The van der Waals surface area contributed by atoms with Crippen molar-refractivity contribution in [1.29, 1.82) is 0 Å². The van der Waals surface area contributed by atoms with Gasteiger partial charge in [-0.3, -0.25) is 0 Å². The highest BCUT2D eigenvalue weighted by molar-refractivity contribution is 5.18. The Kier molecular flexibility index (Phi) is 19.3. The molecule has 11 atom stereocenters.